The largest absolute Gasteiger partial charge is 0.459 e. The third-order valence-corrected chi connectivity index (χ3v) is 2.64. The molecule has 14 heavy (non-hydrogen) atoms. The molecular weight excluding hydrogens is 244 g/mol. The molecule has 0 aliphatic carbocycles. The average Bonchev–Trinajstić information content (AvgIpc) is 2.16. The highest BCUT2D eigenvalue weighted by Gasteiger charge is 2.15. The summed E-state index contributed by atoms with van der Waals surface area (Å²) in [6, 6.07) is 0. The lowest BCUT2D eigenvalue weighted by molar-refractivity contribution is -0.132. The van der Waals surface area contributed by atoms with Gasteiger partial charge in [-0.1, -0.05) is 13.8 Å². The summed E-state index contributed by atoms with van der Waals surface area (Å²) >= 11 is 3.40. The molecule has 1 atom stereocenters. The van der Waals surface area contributed by atoms with Crippen LogP contribution >= 0.6 is 15.9 Å². The predicted molar refractivity (Wildman–Crippen MR) is 61.1 cm³/mol. The molecule has 82 valence electrons. The van der Waals surface area contributed by atoms with Crippen LogP contribution < -0.4 is 0 Å². The van der Waals surface area contributed by atoms with Crippen molar-refractivity contribution in [3.05, 3.63) is 10.7 Å². The Hall–Kier alpha value is -0.0200. The molecule has 0 aromatic rings. The first-order valence-corrected chi connectivity index (χ1v) is 6.11. The van der Waals surface area contributed by atoms with Gasteiger partial charge in [-0.25, -0.2) is 0 Å². The van der Waals surface area contributed by atoms with Gasteiger partial charge >= 0.3 is 0 Å². The third-order valence-electron chi connectivity index (χ3n) is 2.13. The van der Waals surface area contributed by atoms with Crippen LogP contribution in [-0.4, -0.2) is 12.9 Å². The van der Waals surface area contributed by atoms with Crippen molar-refractivity contribution in [2.75, 3.05) is 6.61 Å². The van der Waals surface area contributed by atoms with E-state index in [2.05, 4.69) is 35.9 Å². The molecule has 0 amide bonds. The van der Waals surface area contributed by atoms with Crippen LogP contribution in [0.1, 0.15) is 39.5 Å². The highest BCUT2D eigenvalue weighted by molar-refractivity contribution is 9.11. The van der Waals surface area contributed by atoms with Crippen molar-refractivity contribution in [3.8, 4) is 0 Å². The lowest BCUT2D eigenvalue weighted by atomic mass is 10.1. The van der Waals surface area contributed by atoms with Crippen LogP contribution in [0.15, 0.2) is 10.7 Å². The number of allylic oxidation sites excluding steroid dienone is 1. The van der Waals surface area contributed by atoms with E-state index in [-0.39, 0.29) is 6.29 Å². The van der Waals surface area contributed by atoms with Crippen LogP contribution in [0.5, 0.6) is 0 Å². The Morgan fingerprint density at radius 1 is 1.57 bits per heavy atom. The van der Waals surface area contributed by atoms with Crippen molar-refractivity contribution in [1.29, 1.82) is 0 Å². The highest BCUT2D eigenvalue weighted by Crippen LogP contribution is 2.20. The van der Waals surface area contributed by atoms with E-state index in [9.17, 15) is 0 Å². The lowest BCUT2D eigenvalue weighted by Crippen LogP contribution is -2.21. The van der Waals surface area contributed by atoms with E-state index in [1.165, 1.54) is 6.42 Å². The van der Waals surface area contributed by atoms with Crippen LogP contribution in [0.3, 0.4) is 0 Å². The first-order chi connectivity index (χ1) is 6.68. The number of ether oxygens (including phenoxy) is 2. The molecule has 1 saturated heterocycles. The van der Waals surface area contributed by atoms with E-state index in [0.717, 1.165) is 30.5 Å². The van der Waals surface area contributed by atoms with Gasteiger partial charge in [-0.15, -0.1) is 0 Å². The summed E-state index contributed by atoms with van der Waals surface area (Å²) in [4.78, 5) is 0. The fourth-order valence-electron chi connectivity index (χ4n) is 1.31. The summed E-state index contributed by atoms with van der Waals surface area (Å²) in [5.41, 5.74) is 0. The minimum Gasteiger partial charge on any atom is -0.459 e. The van der Waals surface area contributed by atoms with Crippen LogP contribution in [0.2, 0.25) is 0 Å². The molecular formula is C11H19BrO2. The van der Waals surface area contributed by atoms with Crippen LogP contribution in [0, 0.1) is 5.92 Å². The Kier molecular flexibility index (Phi) is 5.56. The lowest BCUT2D eigenvalue weighted by Gasteiger charge is -2.23. The summed E-state index contributed by atoms with van der Waals surface area (Å²) in [7, 11) is 0. The van der Waals surface area contributed by atoms with Crippen LogP contribution in [0.4, 0.5) is 0 Å². The van der Waals surface area contributed by atoms with E-state index in [1.807, 2.05) is 0 Å². The standard InChI is InChI=1S/C11H19BrO2/c1-9(2)6-7-10(12)14-11-5-3-4-8-13-11/h7,9,11H,3-6,8H2,1-2H3/b10-7-. The topological polar surface area (TPSA) is 18.5 Å². The normalized spacial score (nSPS) is 24.0. The highest BCUT2D eigenvalue weighted by atomic mass is 79.9. The maximum Gasteiger partial charge on any atom is 0.200 e. The second-order valence-electron chi connectivity index (χ2n) is 4.05. The summed E-state index contributed by atoms with van der Waals surface area (Å²) in [6.07, 6.45) is 6.43. The molecule has 3 heteroatoms. The van der Waals surface area contributed by atoms with Gasteiger partial charge in [-0.3, -0.25) is 0 Å². The summed E-state index contributed by atoms with van der Waals surface area (Å²) in [5, 5.41) is 0. The minimum absolute atomic E-state index is 0.0402. The van der Waals surface area contributed by atoms with Gasteiger partial charge in [0.15, 0.2) is 11.0 Å². The van der Waals surface area contributed by atoms with Gasteiger partial charge < -0.3 is 9.47 Å². The minimum atomic E-state index is -0.0402. The van der Waals surface area contributed by atoms with E-state index in [1.54, 1.807) is 0 Å². The molecule has 0 spiro atoms. The van der Waals surface area contributed by atoms with Gasteiger partial charge in [0.2, 0.25) is 0 Å². The summed E-state index contributed by atoms with van der Waals surface area (Å²) < 4.78 is 11.9. The maximum absolute atomic E-state index is 5.60. The third kappa shape index (κ3) is 5.01. The molecule has 0 aromatic carbocycles. The fraction of sp³-hybridized carbons (Fsp3) is 0.818. The van der Waals surface area contributed by atoms with E-state index >= 15 is 0 Å². The fourth-order valence-corrected chi connectivity index (χ4v) is 1.70. The van der Waals surface area contributed by atoms with Crippen molar-refractivity contribution >= 4 is 15.9 Å². The Morgan fingerprint density at radius 2 is 2.36 bits per heavy atom. The smallest absolute Gasteiger partial charge is 0.200 e. The van der Waals surface area contributed by atoms with E-state index in [4.69, 9.17) is 9.47 Å². The second kappa shape index (κ2) is 6.46. The first kappa shape index (κ1) is 12.1. The number of rotatable bonds is 4. The molecule has 0 bridgehead atoms. The Balaban J connectivity index is 2.24. The molecule has 1 heterocycles. The predicted octanol–water partition coefficient (Wildman–Crippen LogP) is 3.81. The van der Waals surface area contributed by atoms with Crippen LogP contribution in [0.25, 0.3) is 0 Å². The number of hydrogen-bond donors (Lipinski definition) is 0. The summed E-state index contributed by atoms with van der Waals surface area (Å²) in [6.45, 7) is 5.21. The van der Waals surface area contributed by atoms with Gasteiger partial charge in [0.05, 0.1) is 6.61 Å². The molecule has 0 radical (unpaired) electrons. The van der Waals surface area contributed by atoms with Crippen molar-refractivity contribution in [2.45, 2.75) is 45.8 Å². The van der Waals surface area contributed by atoms with E-state index in [0.29, 0.717) is 5.92 Å². The number of halogens is 1. The zero-order chi connectivity index (χ0) is 10.4. The average molecular weight is 263 g/mol. The molecule has 1 fully saturated rings. The molecule has 1 aliphatic rings. The summed E-state index contributed by atoms with van der Waals surface area (Å²) in [5.74, 6) is 0.665. The van der Waals surface area contributed by atoms with Crippen molar-refractivity contribution < 1.29 is 9.47 Å². The van der Waals surface area contributed by atoms with Gasteiger partial charge in [0, 0.05) is 6.42 Å². The Bertz CT molecular complexity index is 184. The molecule has 0 aromatic heterocycles. The van der Waals surface area contributed by atoms with Crippen LogP contribution in [-0.2, 0) is 9.47 Å². The Morgan fingerprint density at radius 3 is 2.93 bits per heavy atom. The quantitative estimate of drug-likeness (QED) is 0.718. The molecule has 0 N–H and O–H groups in total. The molecule has 0 saturated carbocycles. The zero-order valence-corrected chi connectivity index (χ0v) is 10.5. The molecule has 1 aliphatic heterocycles. The van der Waals surface area contributed by atoms with Crippen molar-refractivity contribution in [1.82, 2.24) is 0 Å². The molecule has 1 unspecified atom stereocenters. The molecule has 1 rings (SSSR count). The Labute approximate surface area is 94.8 Å². The van der Waals surface area contributed by atoms with Gasteiger partial charge in [-0.2, -0.15) is 0 Å². The monoisotopic (exact) mass is 262 g/mol. The zero-order valence-electron chi connectivity index (χ0n) is 8.96. The van der Waals surface area contributed by atoms with Crippen molar-refractivity contribution in [3.63, 3.8) is 0 Å². The van der Waals surface area contributed by atoms with Crippen molar-refractivity contribution in [2.24, 2.45) is 5.92 Å². The van der Waals surface area contributed by atoms with Gasteiger partial charge in [0.1, 0.15) is 0 Å². The second-order valence-corrected chi connectivity index (χ2v) is 4.83. The first-order valence-electron chi connectivity index (χ1n) is 5.32. The van der Waals surface area contributed by atoms with Gasteiger partial charge in [0.25, 0.3) is 0 Å². The van der Waals surface area contributed by atoms with E-state index < -0.39 is 0 Å². The maximum atomic E-state index is 5.60. The number of hydrogen-bond acceptors (Lipinski definition) is 2. The van der Waals surface area contributed by atoms with Gasteiger partial charge in [-0.05, 0) is 47.2 Å². The molecule has 2 nitrogen and oxygen atoms in total. The SMILES string of the molecule is CC(C)C/C=C(/Br)OC1CCCCO1.